The molecule has 0 radical (unpaired) electrons. The summed E-state index contributed by atoms with van der Waals surface area (Å²) in [5, 5.41) is 0. The first-order valence-electron chi connectivity index (χ1n) is 5.72. The second kappa shape index (κ2) is 4.56. The zero-order valence-corrected chi connectivity index (χ0v) is 9.53. The number of nitrogens with zero attached hydrogens (tertiary/aromatic N) is 2. The van der Waals surface area contributed by atoms with E-state index < -0.39 is 0 Å². The molecule has 2 fully saturated rings. The molecule has 2 aliphatic heterocycles. The third kappa shape index (κ3) is 1.90. The Morgan fingerprint density at radius 3 is 2.94 bits per heavy atom. The summed E-state index contributed by atoms with van der Waals surface area (Å²) in [6.07, 6.45) is 2.86. The zero-order chi connectivity index (χ0) is 11.5. The number of piperidine rings is 1. The average Bonchev–Trinajstić information content (AvgIpc) is 2.32. The monoisotopic (exact) mass is 220 g/mol. The number of carbonyl (C=O) groups is 2. The van der Waals surface area contributed by atoms with Crippen LogP contribution in [0.2, 0.25) is 0 Å². The molecule has 0 aromatic rings. The molecule has 0 aromatic heterocycles. The van der Waals surface area contributed by atoms with Gasteiger partial charge in [-0.05, 0) is 26.2 Å². The summed E-state index contributed by atoms with van der Waals surface area (Å²) in [5.74, 6) is 5.75. The Bertz CT molecular complexity index is 367. The Labute approximate surface area is 95.6 Å². The van der Waals surface area contributed by atoms with Crippen molar-refractivity contribution in [3.05, 3.63) is 0 Å². The lowest BCUT2D eigenvalue weighted by molar-refractivity contribution is -0.157. The SMILES string of the molecule is CC#CCN1CC(=O)N2CCCCC2C1=O. The molecule has 2 aliphatic rings. The van der Waals surface area contributed by atoms with Crippen LogP contribution in [0.4, 0.5) is 0 Å². The molecule has 0 spiro atoms. The number of rotatable bonds is 1. The minimum Gasteiger partial charge on any atom is -0.329 e. The highest BCUT2D eigenvalue weighted by atomic mass is 16.2. The summed E-state index contributed by atoms with van der Waals surface area (Å²) in [6.45, 7) is 3.06. The van der Waals surface area contributed by atoms with Crippen LogP contribution in [-0.2, 0) is 9.59 Å². The van der Waals surface area contributed by atoms with Gasteiger partial charge in [-0.2, -0.15) is 0 Å². The fraction of sp³-hybridized carbons (Fsp3) is 0.667. The van der Waals surface area contributed by atoms with Crippen molar-refractivity contribution in [2.45, 2.75) is 32.2 Å². The van der Waals surface area contributed by atoms with Gasteiger partial charge in [-0.3, -0.25) is 9.59 Å². The van der Waals surface area contributed by atoms with Crippen LogP contribution < -0.4 is 0 Å². The number of piperazine rings is 1. The van der Waals surface area contributed by atoms with Crippen molar-refractivity contribution in [1.82, 2.24) is 9.80 Å². The highest BCUT2D eigenvalue weighted by Gasteiger charge is 2.39. The van der Waals surface area contributed by atoms with Crippen molar-refractivity contribution >= 4 is 11.8 Å². The summed E-state index contributed by atoms with van der Waals surface area (Å²) in [6, 6.07) is -0.214. The van der Waals surface area contributed by atoms with Gasteiger partial charge in [0, 0.05) is 6.54 Å². The molecule has 1 unspecified atom stereocenters. The summed E-state index contributed by atoms with van der Waals surface area (Å²) < 4.78 is 0. The highest BCUT2D eigenvalue weighted by molar-refractivity contribution is 5.95. The van der Waals surface area contributed by atoms with E-state index in [1.165, 1.54) is 0 Å². The first-order chi connectivity index (χ1) is 7.74. The van der Waals surface area contributed by atoms with Crippen LogP contribution in [0.1, 0.15) is 26.2 Å². The van der Waals surface area contributed by atoms with Gasteiger partial charge in [0.15, 0.2) is 0 Å². The largest absolute Gasteiger partial charge is 0.329 e. The number of hydrogen-bond donors (Lipinski definition) is 0. The van der Waals surface area contributed by atoms with Gasteiger partial charge < -0.3 is 9.80 Å². The lowest BCUT2D eigenvalue weighted by Gasteiger charge is -2.42. The topological polar surface area (TPSA) is 40.6 Å². The van der Waals surface area contributed by atoms with E-state index in [-0.39, 0.29) is 24.4 Å². The average molecular weight is 220 g/mol. The van der Waals surface area contributed by atoms with Crippen molar-refractivity contribution in [3.63, 3.8) is 0 Å². The molecular formula is C12H16N2O2. The number of amides is 2. The van der Waals surface area contributed by atoms with E-state index in [0.717, 1.165) is 25.8 Å². The molecule has 0 saturated carbocycles. The molecular weight excluding hydrogens is 204 g/mol. The third-order valence-corrected chi connectivity index (χ3v) is 3.19. The van der Waals surface area contributed by atoms with Gasteiger partial charge in [-0.1, -0.05) is 5.92 Å². The fourth-order valence-corrected chi connectivity index (χ4v) is 2.34. The van der Waals surface area contributed by atoms with Crippen LogP contribution >= 0.6 is 0 Å². The summed E-state index contributed by atoms with van der Waals surface area (Å²) >= 11 is 0. The molecule has 86 valence electrons. The number of carbonyl (C=O) groups excluding carboxylic acids is 2. The molecule has 2 saturated heterocycles. The first kappa shape index (κ1) is 11.0. The molecule has 16 heavy (non-hydrogen) atoms. The van der Waals surface area contributed by atoms with E-state index in [9.17, 15) is 9.59 Å². The minimum atomic E-state index is -0.214. The lowest BCUT2D eigenvalue weighted by atomic mass is 9.98. The predicted octanol–water partition coefficient (Wildman–Crippen LogP) is 0.233. The van der Waals surface area contributed by atoms with Crippen LogP contribution in [0.5, 0.6) is 0 Å². The molecule has 0 bridgehead atoms. The standard InChI is InChI=1S/C12H16N2O2/c1-2-3-7-13-9-11(15)14-8-5-4-6-10(14)12(13)16/h10H,4-9H2,1H3. The quantitative estimate of drug-likeness (QED) is 0.594. The predicted molar refractivity (Wildman–Crippen MR) is 59.4 cm³/mol. The van der Waals surface area contributed by atoms with Crippen LogP contribution in [0.25, 0.3) is 0 Å². The lowest BCUT2D eigenvalue weighted by Crippen LogP contribution is -2.61. The molecule has 2 rings (SSSR count). The van der Waals surface area contributed by atoms with Crippen molar-refractivity contribution < 1.29 is 9.59 Å². The third-order valence-electron chi connectivity index (χ3n) is 3.19. The number of hydrogen-bond acceptors (Lipinski definition) is 2. The van der Waals surface area contributed by atoms with E-state index >= 15 is 0 Å². The van der Waals surface area contributed by atoms with Crippen LogP contribution in [-0.4, -0.2) is 47.3 Å². The van der Waals surface area contributed by atoms with E-state index in [1.54, 1.807) is 16.7 Å². The van der Waals surface area contributed by atoms with Crippen molar-refractivity contribution in [2.75, 3.05) is 19.6 Å². The van der Waals surface area contributed by atoms with Gasteiger partial charge in [-0.25, -0.2) is 0 Å². The molecule has 0 aromatic carbocycles. The normalized spacial score (nSPS) is 24.9. The number of fused-ring (bicyclic) bond motifs is 1. The maximum absolute atomic E-state index is 12.1. The Balaban J connectivity index is 2.12. The Kier molecular flexibility index (Phi) is 3.14. The second-order valence-corrected chi connectivity index (χ2v) is 4.22. The summed E-state index contributed by atoms with van der Waals surface area (Å²) in [5.41, 5.74) is 0. The van der Waals surface area contributed by atoms with Crippen molar-refractivity contribution in [3.8, 4) is 11.8 Å². The van der Waals surface area contributed by atoms with Crippen molar-refractivity contribution in [1.29, 1.82) is 0 Å². The molecule has 0 N–H and O–H groups in total. The Morgan fingerprint density at radius 2 is 2.19 bits per heavy atom. The van der Waals surface area contributed by atoms with E-state index in [2.05, 4.69) is 11.8 Å². The summed E-state index contributed by atoms with van der Waals surface area (Å²) in [4.78, 5) is 27.2. The van der Waals surface area contributed by atoms with E-state index in [0.29, 0.717) is 6.54 Å². The van der Waals surface area contributed by atoms with Gasteiger partial charge >= 0.3 is 0 Å². The Morgan fingerprint density at radius 1 is 1.38 bits per heavy atom. The minimum absolute atomic E-state index is 0.0713. The van der Waals surface area contributed by atoms with E-state index in [4.69, 9.17) is 0 Å². The van der Waals surface area contributed by atoms with Gasteiger partial charge in [0.1, 0.15) is 12.6 Å². The maximum Gasteiger partial charge on any atom is 0.246 e. The highest BCUT2D eigenvalue weighted by Crippen LogP contribution is 2.22. The van der Waals surface area contributed by atoms with Crippen LogP contribution in [0.15, 0.2) is 0 Å². The smallest absolute Gasteiger partial charge is 0.246 e. The molecule has 2 heterocycles. The molecule has 1 atom stereocenters. The Hall–Kier alpha value is -1.50. The maximum atomic E-state index is 12.1. The second-order valence-electron chi connectivity index (χ2n) is 4.22. The van der Waals surface area contributed by atoms with Gasteiger partial charge in [0.2, 0.25) is 11.8 Å². The molecule has 2 amide bonds. The molecule has 4 nitrogen and oxygen atoms in total. The molecule has 0 aliphatic carbocycles. The van der Waals surface area contributed by atoms with Crippen LogP contribution in [0, 0.1) is 11.8 Å². The van der Waals surface area contributed by atoms with Crippen molar-refractivity contribution in [2.24, 2.45) is 0 Å². The first-order valence-corrected chi connectivity index (χ1v) is 5.72. The zero-order valence-electron chi connectivity index (χ0n) is 9.53. The summed E-state index contributed by atoms with van der Waals surface area (Å²) in [7, 11) is 0. The fourth-order valence-electron chi connectivity index (χ4n) is 2.34. The van der Waals surface area contributed by atoms with Gasteiger partial charge in [-0.15, -0.1) is 5.92 Å². The van der Waals surface area contributed by atoms with Crippen LogP contribution in [0.3, 0.4) is 0 Å². The molecule has 4 heteroatoms. The van der Waals surface area contributed by atoms with E-state index in [1.807, 2.05) is 0 Å². The van der Waals surface area contributed by atoms with Gasteiger partial charge in [0.25, 0.3) is 0 Å². The van der Waals surface area contributed by atoms with Gasteiger partial charge in [0.05, 0.1) is 6.54 Å².